The van der Waals surface area contributed by atoms with Gasteiger partial charge >= 0.3 is 6.18 Å². The van der Waals surface area contributed by atoms with E-state index in [2.05, 4.69) is 10.2 Å². The SMILES string of the molecule is CNCCC(=O)N1CCN(Cc2ccc(N(C(=N)C(=O)NCC(F)(F)F)C(=N)c3cc(C(C)C)c(O)cc3O)cc2)CC1. The second-order valence-electron chi connectivity index (χ2n) is 10.6. The van der Waals surface area contributed by atoms with Gasteiger partial charge in [0.25, 0.3) is 5.91 Å². The number of anilines is 1. The molecule has 2 amide bonds. The number of piperazine rings is 1. The Kier molecular flexibility index (Phi) is 11.1. The van der Waals surface area contributed by atoms with Crippen LogP contribution >= 0.6 is 0 Å². The normalized spacial score (nSPS) is 14.1. The van der Waals surface area contributed by atoms with Crippen molar-refractivity contribution >= 4 is 29.2 Å². The predicted octanol–water partition coefficient (Wildman–Crippen LogP) is 2.96. The zero-order valence-electron chi connectivity index (χ0n) is 24.4. The van der Waals surface area contributed by atoms with Gasteiger partial charge in [-0.1, -0.05) is 26.0 Å². The number of halogens is 3. The standard InChI is InChI=1S/C29H38F3N7O4/c1-18(2)21-14-22(24(41)15-23(21)40)26(33)39(27(34)28(43)36-17-29(30,31)32)20-6-4-19(5-7-20)16-37-10-12-38(13-11-37)25(42)8-9-35-3/h4-7,14-15,18,33-35,40-41H,8-13,16-17H2,1-3H3,(H,36,43). The first-order chi connectivity index (χ1) is 20.2. The number of carbonyl (C=O) groups is 2. The third-order valence-electron chi connectivity index (χ3n) is 7.05. The lowest BCUT2D eigenvalue weighted by Gasteiger charge is -2.35. The van der Waals surface area contributed by atoms with Crippen molar-refractivity contribution in [1.29, 1.82) is 10.8 Å². The molecule has 1 heterocycles. The van der Waals surface area contributed by atoms with E-state index in [9.17, 15) is 33.0 Å². The maximum Gasteiger partial charge on any atom is 0.405 e. The number of carbonyl (C=O) groups excluding carboxylic acids is 2. The van der Waals surface area contributed by atoms with E-state index in [0.29, 0.717) is 51.3 Å². The maximum absolute atomic E-state index is 12.8. The molecule has 6 N–H and O–H groups in total. The number of amidine groups is 2. The van der Waals surface area contributed by atoms with Crippen LogP contribution in [0.5, 0.6) is 11.5 Å². The molecule has 2 aromatic rings. The van der Waals surface area contributed by atoms with Gasteiger partial charge in [0, 0.05) is 57.4 Å². The van der Waals surface area contributed by atoms with E-state index in [0.717, 1.165) is 16.5 Å². The topological polar surface area (TPSA) is 156 Å². The molecular weight excluding hydrogens is 567 g/mol. The number of nitrogens with one attached hydrogen (secondary N) is 4. The fourth-order valence-corrected chi connectivity index (χ4v) is 4.66. The molecule has 0 atom stereocenters. The molecule has 0 aliphatic carbocycles. The van der Waals surface area contributed by atoms with E-state index in [4.69, 9.17) is 10.8 Å². The summed E-state index contributed by atoms with van der Waals surface area (Å²) in [6.07, 6.45) is -4.27. The van der Waals surface area contributed by atoms with Gasteiger partial charge in [-0.05, 0) is 42.3 Å². The summed E-state index contributed by atoms with van der Waals surface area (Å²) >= 11 is 0. The molecule has 0 saturated carbocycles. The largest absolute Gasteiger partial charge is 0.508 e. The average Bonchev–Trinajstić information content (AvgIpc) is 2.95. The van der Waals surface area contributed by atoms with Gasteiger partial charge in [-0.15, -0.1) is 0 Å². The van der Waals surface area contributed by atoms with Crippen LogP contribution in [-0.2, 0) is 16.1 Å². The van der Waals surface area contributed by atoms with Gasteiger partial charge in [-0.25, -0.2) is 0 Å². The molecule has 0 bridgehead atoms. The minimum Gasteiger partial charge on any atom is -0.508 e. The Labute approximate surface area is 248 Å². The van der Waals surface area contributed by atoms with Crippen molar-refractivity contribution < 1.29 is 33.0 Å². The summed E-state index contributed by atoms with van der Waals surface area (Å²) in [4.78, 5) is 29.7. The summed E-state index contributed by atoms with van der Waals surface area (Å²) < 4.78 is 38.3. The van der Waals surface area contributed by atoms with Gasteiger partial charge in [0.15, 0.2) is 5.84 Å². The van der Waals surface area contributed by atoms with Crippen LogP contribution in [0.2, 0.25) is 0 Å². The minimum atomic E-state index is -4.71. The van der Waals surface area contributed by atoms with Crippen molar-refractivity contribution in [2.24, 2.45) is 0 Å². The lowest BCUT2D eigenvalue weighted by molar-refractivity contribution is -0.134. The van der Waals surface area contributed by atoms with Gasteiger partial charge in [0.05, 0.1) is 5.56 Å². The van der Waals surface area contributed by atoms with Gasteiger partial charge in [-0.3, -0.25) is 30.2 Å². The molecule has 0 unspecified atom stereocenters. The lowest BCUT2D eigenvalue weighted by atomic mass is 9.98. The van der Waals surface area contributed by atoms with Crippen LogP contribution in [0, 0.1) is 10.8 Å². The van der Waals surface area contributed by atoms with E-state index in [1.54, 1.807) is 38.3 Å². The van der Waals surface area contributed by atoms with Crippen LogP contribution in [0.15, 0.2) is 36.4 Å². The van der Waals surface area contributed by atoms with Crippen LogP contribution in [0.25, 0.3) is 0 Å². The van der Waals surface area contributed by atoms with Crippen LogP contribution in [0.4, 0.5) is 18.9 Å². The van der Waals surface area contributed by atoms with Gasteiger partial charge < -0.3 is 25.7 Å². The molecule has 1 fully saturated rings. The van der Waals surface area contributed by atoms with Gasteiger partial charge in [-0.2, -0.15) is 13.2 Å². The zero-order chi connectivity index (χ0) is 31.9. The Hall–Kier alpha value is -4.17. The van der Waals surface area contributed by atoms with E-state index >= 15 is 0 Å². The third kappa shape index (κ3) is 8.91. The Morgan fingerprint density at radius 1 is 1.02 bits per heavy atom. The number of hydrogen-bond donors (Lipinski definition) is 6. The first-order valence-electron chi connectivity index (χ1n) is 13.8. The van der Waals surface area contributed by atoms with Crippen molar-refractivity contribution in [1.82, 2.24) is 20.4 Å². The van der Waals surface area contributed by atoms with Crippen LogP contribution < -0.4 is 15.5 Å². The second kappa shape index (κ2) is 14.3. The number of nitrogens with zero attached hydrogens (tertiary/aromatic N) is 3. The number of rotatable bonds is 9. The summed E-state index contributed by atoms with van der Waals surface area (Å²) in [5, 5.41) is 42.6. The maximum atomic E-state index is 12.8. The van der Waals surface area contributed by atoms with Gasteiger partial charge in [0.2, 0.25) is 5.91 Å². The highest BCUT2D eigenvalue weighted by atomic mass is 19.4. The monoisotopic (exact) mass is 605 g/mol. The summed E-state index contributed by atoms with van der Waals surface area (Å²) in [5.41, 5.74) is 1.28. The molecule has 1 aliphatic heterocycles. The lowest BCUT2D eigenvalue weighted by Crippen LogP contribution is -2.48. The first kappa shape index (κ1) is 33.3. The molecule has 1 aliphatic rings. The van der Waals surface area contributed by atoms with Crippen molar-refractivity contribution in [3.05, 3.63) is 53.1 Å². The molecule has 0 radical (unpaired) electrons. The van der Waals surface area contributed by atoms with Crippen LogP contribution in [0.3, 0.4) is 0 Å². The fraction of sp³-hybridized carbons (Fsp3) is 0.448. The number of aromatic hydroxyl groups is 2. The third-order valence-corrected chi connectivity index (χ3v) is 7.05. The number of amides is 2. The van der Waals surface area contributed by atoms with E-state index < -0.39 is 36.0 Å². The Bertz CT molecular complexity index is 1320. The summed E-state index contributed by atoms with van der Waals surface area (Å²) in [6.45, 7) is 5.62. The summed E-state index contributed by atoms with van der Waals surface area (Å²) in [6, 6.07) is 8.90. The number of phenols is 2. The van der Waals surface area contributed by atoms with Crippen LogP contribution in [-0.4, -0.2) is 96.0 Å². The molecule has 11 nitrogen and oxygen atoms in total. The Morgan fingerprint density at radius 3 is 2.21 bits per heavy atom. The molecule has 2 aromatic carbocycles. The minimum absolute atomic E-state index is 0.0998. The van der Waals surface area contributed by atoms with E-state index in [1.807, 2.05) is 4.90 Å². The molecule has 0 aromatic heterocycles. The molecule has 234 valence electrons. The molecule has 1 saturated heterocycles. The molecular formula is C29H38F3N7O4. The molecule has 14 heteroatoms. The van der Waals surface area contributed by atoms with E-state index in [1.165, 1.54) is 18.2 Å². The first-order valence-corrected chi connectivity index (χ1v) is 13.8. The highest BCUT2D eigenvalue weighted by Gasteiger charge is 2.32. The average molecular weight is 606 g/mol. The van der Waals surface area contributed by atoms with E-state index in [-0.39, 0.29) is 28.8 Å². The highest BCUT2D eigenvalue weighted by molar-refractivity contribution is 6.48. The van der Waals surface area contributed by atoms with Crippen molar-refractivity contribution in [3.63, 3.8) is 0 Å². The quantitative estimate of drug-likeness (QED) is 0.190. The molecule has 3 rings (SSSR count). The Balaban J connectivity index is 1.83. The zero-order valence-corrected chi connectivity index (χ0v) is 24.4. The number of benzene rings is 2. The van der Waals surface area contributed by atoms with Crippen molar-refractivity contribution in [3.8, 4) is 11.5 Å². The summed E-state index contributed by atoms with van der Waals surface area (Å²) in [7, 11) is 1.80. The summed E-state index contributed by atoms with van der Waals surface area (Å²) in [5.74, 6) is -3.68. The predicted molar refractivity (Wildman–Crippen MR) is 157 cm³/mol. The number of hydrogen-bond acceptors (Lipinski definition) is 8. The van der Waals surface area contributed by atoms with Crippen molar-refractivity contribution in [2.45, 2.75) is 38.9 Å². The Morgan fingerprint density at radius 2 is 1.65 bits per heavy atom. The van der Waals surface area contributed by atoms with Crippen molar-refractivity contribution in [2.75, 3.05) is 51.2 Å². The van der Waals surface area contributed by atoms with Gasteiger partial charge in [0.1, 0.15) is 23.9 Å². The molecule has 43 heavy (non-hydrogen) atoms. The second-order valence-corrected chi connectivity index (χ2v) is 10.6. The molecule has 0 spiro atoms. The number of alkyl halides is 3. The fourth-order valence-electron chi connectivity index (χ4n) is 4.66. The smallest absolute Gasteiger partial charge is 0.405 e. The highest BCUT2D eigenvalue weighted by Crippen LogP contribution is 2.34. The van der Waals surface area contributed by atoms with Crippen LogP contribution in [0.1, 0.15) is 42.9 Å². The number of phenolic OH excluding ortho intramolecular Hbond substituents is 2.